The van der Waals surface area contributed by atoms with Gasteiger partial charge in [0.2, 0.25) is 5.91 Å². The van der Waals surface area contributed by atoms with E-state index in [-0.39, 0.29) is 18.6 Å². The first-order valence-corrected chi connectivity index (χ1v) is 8.14. The van der Waals surface area contributed by atoms with Crippen molar-refractivity contribution in [2.75, 3.05) is 6.61 Å². The van der Waals surface area contributed by atoms with Crippen molar-refractivity contribution in [2.45, 2.75) is 31.9 Å². The van der Waals surface area contributed by atoms with Crippen molar-refractivity contribution >= 4 is 17.5 Å². The van der Waals surface area contributed by atoms with E-state index in [4.69, 9.17) is 16.3 Å². The molecule has 1 aromatic carbocycles. The van der Waals surface area contributed by atoms with Crippen LogP contribution in [0.2, 0.25) is 5.02 Å². The molecule has 2 aromatic rings. The monoisotopic (exact) mass is 333 g/mol. The van der Waals surface area contributed by atoms with Crippen LogP contribution in [0.1, 0.15) is 35.7 Å². The predicted octanol–water partition coefficient (Wildman–Crippen LogP) is 2.78. The minimum absolute atomic E-state index is 0.0251. The number of amides is 1. The Balaban J connectivity index is 1.51. The molecule has 1 heterocycles. The number of nitrogens with one attached hydrogen (secondary N) is 1. The van der Waals surface area contributed by atoms with Gasteiger partial charge in [0.15, 0.2) is 0 Å². The SMILES string of the molecule is Cn1ncc2c1CCC[C@H]2NC(=O)COCc1ccccc1Cl. The van der Waals surface area contributed by atoms with Crippen LogP contribution < -0.4 is 5.32 Å². The van der Waals surface area contributed by atoms with Crippen LogP contribution in [0.5, 0.6) is 0 Å². The summed E-state index contributed by atoms with van der Waals surface area (Å²) in [4.78, 5) is 12.1. The van der Waals surface area contributed by atoms with Crippen LogP contribution in [-0.4, -0.2) is 22.3 Å². The van der Waals surface area contributed by atoms with Crippen molar-refractivity contribution in [3.05, 3.63) is 52.3 Å². The van der Waals surface area contributed by atoms with Crippen molar-refractivity contribution < 1.29 is 9.53 Å². The molecule has 6 heteroatoms. The summed E-state index contributed by atoms with van der Waals surface area (Å²) in [5, 5.41) is 7.98. The molecule has 0 saturated carbocycles. The van der Waals surface area contributed by atoms with Crippen molar-refractivity contribution in [3.63, 3.8) is 0 Å². The second kappa shape index (κ2) is 7.15. The van der Waals surface area contributed by atoms with Crippen LogP contribution in [0.25, 0.3) is 0 Å². The van der Waals surface area contributed by atoms with E-state index in [2.05, 4.69) is 10.4 Å². The van der Waals surface area contributed by atoms with Crippen molar-refractivity contribution in [1.29, 1.82) is 0 Å². The molecule has 5 nitrogen and oxygen atoms in total. The Labute approximate surface area is 140 Å². The quantitative estimate of drug-likeness (QED) is 0.915. The molecule has 1 amide bonds. The standard InChI is InChI=1S/C17H20ClN3O2/c1-21-16-8-4-7-15(13(16)9-19-21)20-17(22)11-23-10-12-5-2-3-6-14(12)18/h2-3,5-6,9,15H,4,7-8,10-11H2,1H3,(H,20,22)/t15-/m1/s1. The Kier molecular flexibility index (Phi) is 4.98. The summed E-state index contributed by atoms with van der Waals surface area (Å²) in [6.45, 7) is 0.354. The summed E-state index contributed by atoms with van der Waals surface area (Å²) in [6, 6.07) is 7.50. The fraction of sp³-hybridized carbons (Fsp3) is 0.412. The lowest BCUT2D eigenvalue weighted by atomic mass is 9.93. The van der Waals surface area contributed by atoms with Crippen LogP contribution >= 0.6 is 11.6 Å². The largest absolute Gasteiger partial charge is 0.367 e. The first-order valence-electron chi connectivity index (χ1n) is 7.76. The minimum Gasteiger partial charge on any atom is -0.367 e. The number of rotatable bonds is 5. The number of halogens is 1. The Morgan fingerprint density at radius 3 is 3.13 bits per heavy atom. The number of hydrogen-bond acceptors (Lipinski definition) is 3. The molecule has 23 heavy (non-hydrogen) atoms. The van der Waals surface area contributed by atoms with Crippen molar-refractivity contribution in [1.82, 2.24) is 15.1 Å². The van der Waals surface area contributed by atoms with Gasteiger partial charge < -0.3 is 10.1 Å². The number of aryl methyl sites for hydroxylation is 1. The molecule has 0 radical (unpaired) electrons. The van der Waals surface area contributed by atoms with E-state index < -0.39 is 0 Å². The van der Waals surface area contributed by atoms with Gasteiger partial charge in [-0.3, -0.25) is 9.48 Å². The smallest absolute Gasteiger partial charge is 0.246 e. The van der Waals surface area contributed by atoms with Gasteiger partial charge in [0, 0.05) is 23.3 Å². The van der Waals surface area contributed by atoms with Gasteiger partial charge >= 0.3 is 0 Å². The molecule has 0 bridgehead atoms. The van der Waals surface area contributed by atoms with Crippen molar-refractivity contribution in [3.8, 4) is 0 Å². The molecule has 0 spiro atoms. The Bertz CT molecular complexity index is 699. The molecule has 0 aliphatic heterocycles. The zero-order valence-corrected chi connectivity index (χ0v) is 13.8. The highest BCUT2D eigenvalue weighted by Gasteiger charge is 2.24. The molecule has 1 atom stereocenters. The first kappa shape index (κ1) is 16.0. The highest BCUT2D eigenvalue weighted by molar-refractivity contribution is 6.31. The fourth-order valence-corrected chi connectivity index (χ4v) is 3.15. The third-order valence-electron chi connectivity index (χ3n) is 4.16. The number of carbonyl (C=O) groups is 1. The zero-order chi connectivity index (χ0) is 16.2. The predicted molar refractivity (Wildman–Crippen MR) is 88.1 cm³/mol. The van der Waals surface area contributed by atoms with E-state index in [1.165, 1.54) is 5.69 Å². The lowest BCUT2D eigenvalue weighted by Gasteiger charge is -2.23. The second-order valence-corrected chi connectivity index (χ2v) is 6.17. The van der Waals surface area contributed by atoms with Crippen LogP contribution in [-0.2, 0) is 29.6 Å². The van der Waals surface area contributed by atoms with Crippen LogP contribution in [0.4, 0.5) is 0 Å². The summed E-state index contributed by atoms with van der Waals surface area (Å²) >= 11 is 6.06. The van der Waals surface area contributed by atoms with Gasteiger partial charge in [-0.2, -0.15) is 5.10 Å². The first-order chi connectivity index (χ1) is 11.1. The van der Waals surface area contributed by atoms with E-state index >= 15 is 0 Å². The number of benzene rings is 1. The van der Waals surface area contributed by atoms with E-state index in [9.17, 15) is 4.79 Å². The molecule has 122 valence electrons. The van der Waals surface area contributed by atoms with Crippen LogP contribution in [0.3, 0.4) is 0 Å². The molecule has 0 fully saturated rings. The maximum Gasteiger partial charge on any atom is 0.246 e. The van der Waals surface area contributed by atoms with Gasteiger partial charge in [0.25, 0.3) is 0 Å². The van der Waals surface area contributed by atoms with Gasteiger partial charge in [-0.25, -0.2) is 0 Å². The van der Waals surface area contributed by atoms with E-state index in [1.54, 1.807) is 0 Å². The van der Waals surface area contributed by atoms with Crippen LogP contribution in [0.15, 0.2) is 30.5 Å². The number of carbonyl (C=O) groups excluding carboxylic acids is 1. The number of fused-ring (bicyclic) bond motifs is 1. The normalized spacial score (nSPS) is 16.9. The summed E-state index contributed by atoms with van der Waals surface area (Å²) in [5.41, 5.74) is 3.21. The molecule has 1 N–H and O–H groups in total. The Hall–Kier alpha value is -1.85. The number of nitrogens with zero attached hydrogens (tertiary/aromatic N) is 2. The van der Waals surface area contributed by atoms with E-state index in [0.717, 1.165) is 30.4 Å². The Morgan fingerprint density at radius 2 is 2.30 bits per heavy atom. The fourth-order valence-electron chi connectivity index (χ4n) is 2.96. The molecule has 3 rings (SSSR count). The molecule has 1 aliphatic carbocycles. The highest BCUT2D eigenvalue weighted by atomic mass is 35.5. The number of aromatic nitrogens is 2. The molecule has 1 aromatic heterocycles. The molecular weight excluding hydrogens is 314 g/mol. The maximum atomic E-state index is 12.1. The minimum atomic E-state index is -0.112. The van der Waals surface area contributed by atoms with Crippen molar-refractivity contribution in [2.24, 2.45) is 7.05 Å². The van der Waals surface area contributed by atoms with Gasteiger partial charge in [0.1, 0.15) is 6.61 Å². The summed E-state index contributed by atoms with van der Waals surface area (Å²) in [5.74, 6) is -0.112. The number of hydrogen-bond donors (Lipinski definition) is 1. The van der Waals surface area contributed by atoms with E-state index in [0.29, 0.717) is 11.6 Å². The van der Waals surface area contributed by atoms with Gasteiger partial charge in [-0.05, 0) is 30.9 Å². The zero-order valence-electron chi connectivity index (χ0n) is 13.1. The maximum absolute atomic E-state index is 12.1. The third kappa shape index (κ3) is 3.74. The lowest BCUT2D eigenvalue weighted by Crippen LogP contribution is -2.33. The van der Waals surface area contributed by atoms with Gasteiger partial charge in [-0.1, -0.05) is 29.8 Å². The van der Waals surface area contributed by atoms with Crippen LogP contribution in [0, 0.1) is 0 Å². The molecule has 1 aliphatic rings. The summed E-state index contributed by atoms with van der Waals surface area (Å²) in [7, 11) is 1.94. The Morgan fingerprint density at radius 1 is 1.48 bits per heavy atom. The summed E-state index contributed by atoms with van der Waals surface area (Å²) in [6.07, 6.45) is 4.86. The topological polar surface area (TPSA) is 56.2 Å². The average Bonchev–Trinajstić information content (AvgIpc) is 2.92. The van der Waals surface area contributed by atoms with Gasteiger partial charge in [-0.15, -0.1) is 0 Å². The number of ether oxygens (including phenoxy) is 1. The molecular formula is C17H20ClN3O2. The molecule has 0 unspecified atom stereocenters. The molecule has 0 saturated heterocycles. The second-order valence-electron chi connectivity index (χ2n) is 5.77. The summed E-state index contributed by atoms with van der Waals surface area (Å²) < 4.78 is 7.37. The lowest BCUT2D eigenvalue weighted by molar-refractivity contribution is -0.127. The van der Waals surface area contributed by atoms with E-state index in [1.807, 2.05) is 42.2 Å². The highest BCUT2D eigenvalue weighted by Crippen LogP contribution is 2.29. The van der Waals surface area contributed by atoms with Gasteiger partial charge in [0.05, 0.1) is 18.8 Å². The third-order valence-corrected chi connectivity index (χ3v) is 4.53. The average molecular weight is 334 g/mol.